The van der Waals surface area contributed by atoms with E-state index in [-0.39, 0.29) is 5.91 Å². The van der Waals surface area contributed by atoms with Crippen molar-refractivity contribution in [3.8, 4) is 0 Å². The maximum atomic E-state index is 11.4. The van der Waals surface area contributed by atoms with Crippen LogP contribution in [0.5, 0.6) is 0 Å². The van der Waals surface area contributed by atoms with Crippen molar-refractivity contribution in [2.24, 2.45) is 0 Å². The van der Waals surface area contributed by atoms with E-state index in [1.54, 1.807) is 6.92 Å². The number of aryl methyl sites for hydroxylation is 2. The second-order valence-corrected chi connectivity index (χ2v) is 4.98. The topological polar surface area (TPSA) is 29.1 Å². The minimum Gasteiger partial charge on any atom is -0.325 e. The van der Waals surface area contributed by atoms with E-state index in [0.29, 0.717) is 0 Å². The summed E-state index contributed by atoms with van der Waals surface area (Å²) in [4.78, 5) is 11.4. The van der Waals surface area contributed by atoms with Gasteiger partial charge in [-0.05, 0) is 44.0 Å². The molecule has 1 rings (SSSR count). The average molecular weight is 291 g/mol. The number of nitrogens with one attached hydrogen (secondary N) is 1. The second-order valence-electron chi connectivity index (χ2n) is 3.53. The molecule has 0 saturated carbocycles. The van der Waals surface area contributed by atoms with Gasteiger partial charge >= 0.3 is 0 Å². The number of carbonyl (C=O) groups excluding carboxylic acids is 1. The molecule has 1 amide bonds. The Morgan fingerprint density at radius 1 is 1.40 bits per heavy atom. The number of hydrogen-bond donors (Lipinski definition) is 1. The molecule has 1 aromatic rings. The molecule has 0 aliphatic rings. The zero-order valence-corrected chi connectivity index (χ0v) is 11.2. The van der Waals surface area contributed by atoms with E-state index < -0.39 is 5.38 Å². The van der Waals surface area contributed by atoms with E-state index in [4.69, 9.17) is 11.6 Å². The molecule has 0 fully saturated rings. The van der Waals surface area contributed by atoms with Gasteiger partial charge in [0.1, 0.15) is 5.38 Å². The van der Waals surface area contributed by atoms with Gasteiger partial charge in [-0.15, -0.1) is 11.6 Å². The standard InChI is InChI=1S/C11H13BrClNO/c1-6-4-9(5-7(2)10(6)12)14-11(15)8(3)13/h4-5,8H,1-3H3,(H,14,15). The average Bonchev–Trinajstić information content (AvgIpc) is 2.13. The van der Waals surface area contributed by atoms with Crippen LogP contribution in [0.3, 0.4) is 0 Å². The van der Waals surface area contributed by atoms with E-state index in [9.17, 15) is 4.79 Å². The van der Waals surface area contributed by atoms with Crippen LogP contribution in [0, 0.1) is 13.8 Å². The predicted molar refractivity (Wildman–Crippen MR) is 67.6 cm³/mol. The first-order chi connectivity index (χ1) is 6.91. The third kappa shape index (κ3) is 3.21. The molecule has 1 atom stereocenters. The van der Waals surface area contributed by atoms with Crippen molar-refractivity contribution in [3.05, 3.63) is 27.7 Å². The molecule has 4 heteroatoms. The SMILES string of the molecule is Cc1cc(NC(=O)C(C)Cl)cc(C)c1Br. The van der Waals surface area contributed by atoms with Crippen LogP contribution in [-0.2, 0) is 4.79 Å². The Kier molecular flexibility index (Phi) is 4.17. The lowest BCUT2D eigenvalue weighted by Gasteiger charge is -2.10. The number of rotatable bonds is 2. The Morgan fingerprint density at radius 3 is 2.27 bits per heavy atom. The monoisotopic (exact) mass is 289 g/mol. The first-order valence-corrected chi connectivity index (χ1v) is 5.86. The Morgan fingerprint density at radius 2 is 1.87 bits per heavy atom. The molecule has 1 aromatic carbocycles. The van der Waals surface area contributed by atoms with Crippen LogP contribution in [0.15, 0.2) is 16.6 Å². The van der Waals surface area contributed by atoms with Crippen molar-refractivity contribution >= 4 is 39.1 Å². The molecule has 0 radical (unpaired) electrons. The predicted octanol–water partition coefficient (Wildman–Crippen LogP) is 3.63. The summed E-state index contributed by atoms with van der Waals surface area (Å²) < 4.78 is 1.07. The van der Waals surface area contributed by atoms with E-state index in [1.165, 1.54) is 0 Å². The number of anilines is 1. The second kappa shape index (κ2) is 4.99. The summed E-state index contributed by atoms with van der Waals surface area (Å²) >= 11 is 9.14. The molecule has 0 spiro atoms. The van der Waals surface area contributed by atoms with Gasteiger partial charge in [0.25, 0.3) is 0 Å². The summed E-state index contributed by atoms with van der Waals surface area (Å²) in [6.07, 6.45) is 0. The molecule has 0 aliphatic heterocycles. The van der Waals surface area contributed by atoms with E-state index in [0.717, 1.165) is 21.3 Å². The summed E-state index contributed by atoms with van der Waals surface area (Å²) in [5, 5.41) is 2.24. The van der Waals surface area contributed by atoms with Crippen molar-refractivity contribution in [3.63, 3.8) is 0 Å². The molecular weight excluding hydrogens is 277 g/mol. The van der Waals surface area contributed by atoms with Crippen molar-refractivity contribution in [1.82, 2.24) is 0 Å². The molecule has 1 N–H and O–H groups in total. The Balaban J connectivity index is 2.93. The molecule has 0 aliphatic carbocycles. The molecular formula is C11H13BrClNO. The number of amides is 1. The first-order valence-electron chi connectivity index (χ1n) is 4.63. The lowest BCUT2D eigenvalue weighted by Crippen LogP contribution is -2.20. The van der Waals surface area contributed by atoms with E-state index in [1.807, 2.05) is 26.0 Å². The van der Waals surface area contributed by atoms with Crippen LogP contribution in [0.25, 0.3) is 0 Å². The van der Waals surface area contributed by atoms with Gasteiger partial charge in [0.05, 0.1) is 0 Å². The van der Waals surface area contributed by atoms with Crippen LogP contribution >= 0.6 is 27.5 Å². The zero-order chi connectivity index (χ0) is 11.6. The fourth-order valence-electron chi connectivity index (χ4n) is 1.26. The van der Waals surface area contributed by atoms with Crippen LogP contribution in [0.2, 0.25) is 0 Å². The highest BCUT2D eigenvalue weighted by molar-refractivity contribution is 9.10. The smallest absolute Gasteiger partial charge is 0.242 e. The molecule has 82 valence electrons. The Labute approximate surface area is 103 Å². The highest BCUT2D eigenvalue weighted by atomic mass is 79.9. The fraction of sp³-hybridized carbons (Fsp3) is 0.364. The minimum absolute atomic E-state index is 0.183. The number of halogens is 2. The fourth-order valence-corrected chi connectivity index (χ4v) is 1.54. The van der Waals surface area contributed by atoms with Crippen molar-refractivity contribution < 1.29 is 4.79 Å². The van der Waals surface area contributed by atoms with E-state index in [2.05, 4.69) is 21.2 Å². The van der Waals surface area contributed by atoms with Crippen molar-refractivity contribution in [1.29, 1.82) is 0 Å². The van der Waals surface area contributed by atoms with Crippen LogP contribution in [0.1, 0.15) is 18.1 Å². The molecule has 0 aromatic heterocycles. The lowest BCUT2D eigenvalue weighted by atomic mass is 10.1. The highest BCUT2D eigenvalue weighted by Gasteiger charge is 2.10. The third-order valence-corrected chi connectivity index (χ3v) is 3.51. The lowest BCUT2D eigenvalue weighted by molar-refractivity contribution is -0.115. The first kappa shape index (κ1) is 12.5. The molecule has 0 saturated heterocycles. The number of carbonyl (C=O) groups is 1. The highest BCUT2D eigenvalue weighted by Crippen LogP contribution is 2.25. The summed E-state index contributed by atoms with van der Waals surface area (Å²) in [5.74, 6) is -0.183. The summed E-state index contributed by atoms with van der Waals surface area (Å²) in [5.41, 5.74) is 2.96. The van der Waals surface area contributed by atoms with Gasteiger partial charge in [-0.2, -0.15) is 0 Å². The van der Waals surface area contributed by atoms with E-state index >= 15 is 0 Å². The Hall–Kier alpha value is -0.540. The molecule has 0 bridgehead atoms. The maximum absolute atomic E-state index is 11.4. The molecule has 1 unspecified atom stereocenters. The summed E-state index contributed by atoms with van der Waals surface area (Å²) in [6, 6.07) is 3.82. The van der Waals surface area contributed by atoms with Gasteiger partial charge in [-0.1, -0.05) is 15.9 Å². The Bertz CT molecular complexity index is 367. The van der Waals surface area contributed by atoms with Gasteiger partial charge in [-0.3, -0.25) is 4.79 Å². The van der Waals surface area contributed by atoms with Crippen LogP contribution in [0.4, 0.5) is 5.69 Å². The number of benzene rings is 1. The van der Waals surface area contributed by atoms with Gasteiger partial charge in [-0.25, -0.2) is 0 Å². The summed E-state index contributed by atoms with van der Waals surface area (Å²) in [7, 11) is 0. The van der Waals surface area contributed by atoms with Crippen molar-refractivity contribution in [2.45, 2.75) is 26.1 Å². The number of hydrogen-bond acceptors (Lipinski definition) is 1. The summed E-state index contributed by atoms with van der Waals surface area (Å²) in [6.45, 7) is 5.61. The molecule has 0 heterocycles. The van der Waals surface area contributed by atoms with Crippen LogP contribution < -0.4 is 5.32 Å². The van der Waals surface area contributed by atoms with Gasteiger partial charge in [0.15, 0.2) is 0 Å². The third-order valence-electron chi connectivity index (χ3n) is 2.07. The molecule has 15 heavy (non-hydrogen) atoms. The largest absolute Gasteiger partial charge is 0.325 e. The maximum Gasteiger partial charge on any atom is 0.242 e. The van der Waals surface area contributed by atoms with Crippen LogP contribution in [-0.4, -0.2) is 11.3 Å². The van der Waals surface area contributed by atoms with Gasteiger partial charge in [0, 0.05) is 10.2 Å². The number of alkyl halides is 1. The zero-order valence-electron chi connectivity index (χ0n) is 8.90. The van der Waals surface area contributed by atoms with Crippen molar-refractivity contribution in [2.75, 3.05) is 5.32 Å². The van der Waals surface area contributed by atoms with Gasteiger partial charge in [0.2, 0.25) is 5.91 Å². The quantitative estimate of drug-likeness (QED) is 0.828. The normalized spacial score (nSPS) is 12.3. The molecule has 2 nitrogen and oxygen atoms in total. The van der Waals surface area contributed by atoms with Gasteiger partial charge < -0.3 is 5.32 Å². The minimum atomic E-state index is -0.519.